The Bertz CT molecular complexity index is 664. The third-order valence-corrected chi connectivity index (χ3v) is 3.76. The first-order valence-corrected chi connectivity index (χ1v) is 6.53. The quantitative estimate of drug-likeness (QED) is 0.810. The molecule has 0 spiro atoms. The standard InChI is InChI=1S/C16H13ClN2O/c1-16(15(17)20,9-13-5-3-7-19-11-13)14-6-2-4-12(8-14)10-18/h2-8,11H,9H2,1H3. The van der Waals surface area contributed by atoms with E-state index in [0.717, 1.165) is 11.1 Å². The largest absolute Gasteiger partial charge is 0.280 e. The zero-order valence-electron chi connectivity index (χ0n) is 11.0. The molecule has 1 aromatic heterocycles. The first-order valence-electron chi connectivity index (χ1n) is 6.16. The van der Waals surface area contributed by atoms with Crippen molar-refractivity contribution in [1.29, 1.82) is 5.26 Å². The molecule has 0 aliphatic rings. The third kappa shape index (κ3) is 2.87. The first kappa shape index (κ1) is 14.2. The smallest absolute Gasteiger partial charge is 0.232 e. The molecule has 0 N–H and O–H groups in total. The SMILES string of the molecule is CC(Cc1cccnc1)(C(=O)Cl)c1cccc(C#N)c1. The van der Waals surface area contributed by atoms with Gasteiger partial charge in [0.1, 0.15) is 0 Å². The molecule has 0 saturated carbocycles. The number of hydrogen-bond acceptors (Lipinski definition) is 3. The molecule has 0 aliphatic carbocycles. The highest BCUT2D eigenvalue weighted by Gasteiger charge is 2.34. The van der Waals surface area contributed by atoms with Crippen molar-refractivity contribution in [2.24, 2.45) is 0 Å². The Morgan fingerprint density at radius 1 is 1.40 bits per heavy atom. The Balaban J connectivity index is 2.44. The number of nitriles is 1. The van der Waals surface area contributed by atoms with Gasteiger partial charge in [-0.05, 0) is 54.3 Å². The van der Waals surface area contributed by atoms with Crippen LogP contribution in [0.3, 0.4) is 0 Å². The Hall–Kier alpha value is -2.18. The molecule has 2 aromatic rings. The van der Waals surface area contributed by atoms with Gasteiger partial charge in [0.15, 0.2) is 0 Å². The van der Waals surface area contributed by atoms with E-state index in [1.54, 1.807) is 37.5 Å². The van der Waals surface area contributed by atoms with Gasteiger partial charge < -0.3 is 0 Å². The minimum atomic E-state index is -0.878. The molecule has 0 radical (unpaired) electrons. The molecule has 1 heterocycles. The summed E-state index contributed by atoms with van der Waals surface area (Å²) in [5.74, 6) is 0. The number of pyridine rings is 1. The van der Waals surface area contributed by atoms with Crippen LogP contribution in [0.25, 0.3) is 0 Å². The van der Waals surface area contributed by atoms with Crippen molar-refractivity contribution >= 4 is 16.8 Å². The number of halogens is 1. The second kappa shape index (κ2) is 5.85. The fourth-order valence-corrected chi connectivity index (χ4v) is 2.30. The van der Waals surface area contributed by atoms with Crippen LogP contribution in [0.15, 0.2) is 48.8 Å². The molecule has 1 unspecified atom stereocenters. The van der Waals surface area contributed by atoms with Crippen LogP contribution in [-0.4, -0.2) is 10.2 Å². The van der Waals surface area contributed by atoms with Gasteiger partial charge in [-0.25, -0.2) is 0 Å². The van der Waals surface area contributed by atoms with Gasteiger partial charge in [-0.15, -0.1) is 0 Å². The lowest BCUT2D eigenvalue weighted by molar-refractivity contribution is -0.116. The highest BCUT2D eigenvalue weighted by molar-refractivity contribution is 6.65. The maximum atomic E-state index is 11.9. The molecule has 1 aromatic carbocycles. The minimum Gasteiger partial charge on any atom is -0.280 e. The average molecular weight is 285 g/mol. The maximum absolute atomic E-state index is 11.9. The predicted octanol–water partition coefficient (Wildman–Crippen LogP) is 3.22. The lowest BCUT2D eigenvalue weighted by Crippen LogP contribution is -2.32. The maximum Gasteiger partial charge on any atom is 0.232 e. The summed E-state index contributed by atoms with van der Waals surface area (Å²) < 4.78 is 0. The Labute approximate surface area is 122 Å². The summed E-state index contributed by atoms with van der Waals surface area (Å²) in [5, 5.41) is 8.53. The van der Waals surface area contributed by atoms with Gasteiger partial charge in [0, 0.05) is 12.4 Å². The normalized spacial score (nSPS) is 13.2. The molecule has 0 amide bonds. The number of rotatable bonds is 4. The lowest BCUT2D eigenvalue weighted by Gasteiger charge is -2.26. The van der Waals surface area contributed by atoms with E-state index in [0.29, 0.717) is 12.0 Å². The van der Waals surface area contributed by atoms with Gasteiger partial charge >= 0.3 is 0 Å². The molecule has 20 heavy (non-hydrogen) atoms. The Morgan fingerprint density at radius 2 is 2.20 bits per heavy atom. The van der Waals surface area contributed by atoms with E-state index >= 15 is 0 Å². The number of carbonyl (C=O) groups is 1. The van der Waals surface area contributed by atoms with Gasteiger partial charge in [-0.1, -0.05) is 18.2 Å². The van der Waals surface area contributed by atoms with Gasteiger partial charge in [0.2, 0.25) is 5.24 Å². The summed E-state index contributed by atoms with van der Waals surface area (Å²) in [6, 6.07) is 12.8. The van der Waals surface area contributed by atoms with Crippen molar-refractivity contribution in [3.8, 4) is 6.07 Å². The zero-order chi connectivity index (χ0) is 14.6. The van der Waals surface area contributed by atoms with E-state index in [1.807, 2.05) is 18.2 Å². The van der Waals surface area contributed by atoms with E-state index in [4.69, 9.17) is 16.9 Å². The number of benzene rings is 1. The number of aromatic nitrogens is 1. The molecule has 0 bridgehead atoms. The Kier molecular flexibility index (Phi) is 4.16. The average Bonchev–Trinajstić information content (AvgIpc) is 2.48. The second-order valence-electron chi connectivity index (χ2n) is 4.84. The lowest BCUT2D eigenvalue weighted by atomic mass is 9.78. The molecule has 3 nitrogen and oxygen atoms in total. The van der Waals surface area contributed by atoms with Crippen LogP contribution >= 0.6 is 11.6 Å². The zero-order valence-corrected chi connectivity index (χ0v) is 11.8. The number of nitrogens with zero attached hydrogens (tertiary/aromatic N) is 2. The monoisotopic (exact) mass is 284 g/mol. The van der Waals surface area contributed by atoms with Crippen LogP contribution < -0.4 is 0 Å². The highest BCUT2D eigenvalue weighted by Crippen LogP contribution is 2.31. The molecule has 2 rings (SSSR count). The van der Waals surface area contributed by atoms with Crippen LogP contribution in [0, 0.1) is 11.3 Å². The number of carbonyl (C=O) groups excluding carboxylic acids is 1. The van der Waals surface area contributed by atoms with Crippen molar-refractivity contribution in [3.63, 3.8) is 0 Å². The van der Waals surface area contributed by atoms with E-state index in [9.17, 15) is 4.79 Å². The molecule has 0 fully saturated rings. The van der Waals surface area contributed by atoms with Crippen molar-refractivity contribution in [2.45, 2.75) is 18.8 Å². The molecule has 1 atom stereocenters. The first-order chi connectivity index (χ1) is 9.56. The van der Waals surface area contributed by atoms with Crippen LogP contribution in [0.5, 0.6) is 0 Å². The topological polar surface area (TPSA) is 53.8 Å². The summed E-state index contributed by atoms with van der Waals surface area (Å²) in [5.41, 5.74) is 1.29. The van der Waals surface area contributed by atoms with Gasteiger partial charge in [-0.3, -0.25) is 9.78 Å². The molecule has 100 valence electrons. The van der Waals surface area contributed by atoms with Crippen LogP contribution in [0.4, 0.5) is 0 Å². The van der Waals surface area contributed by atoms with Gasteiger partial charge in [0.25, 0.3) is 0 Å². The predicted molar refractivity (Wildman–Crippen MR) is 77.3 cm³/mol. The minimum absolute atomic E-state index is 0.443. The van der Waals surface area contributed by atoms with Gasteiger partial charge in [-0.2, -0.15) is 5.26 Å². The molecular formula is C16H13ClN2O. The third-order valence-electron chi connectivity index (χ3n) is 3.34. The van der Waals surface area contributed by atoms with Gasteiger partial charge in [0.05, 0.1) is 17.0 Å². The van der Waals surface area contributed by atoms with E-state index < -0.39 is 10.7 Å². The summed E-state index contributed by atoms with van der Waals surface area (Å²) in [4.78, 5) is 16.0. The Morgan fingerprint density at radius 3 is 2.80 bits per heavy atom. The van der Waals surface area contributed by atoms with Crippen molar-refractivity contribution in [3.05, 3.63) is 65.5 Å². The molecule has 0 aliphatic heterocycles. The second-order valence-corrected chi connectivity index (χ2v) is 5.18. The molecule has 0 saturated heterocycles. The summed E-state index contributed by atoms with van der Waals surface area (Å²) in [7, 11) is 0. The van der Waals surface area contributed by atoms with E-state index in [1.165, 1.54) is 0 Å². The van der Waals surface area contributed by atoms with Crippen molar-refractivity contribution in [1.82, 2.24) is 4.98 Å². The number of hydrogen-bond donors (Lipinski definition) is 0. The van der Waals surface area contributed by atoms with E-state index in [2.05, 4.69) is 11.1 Å². The van der Waals surface area contributed by atoms with Crippen LogP contribution in [-0.2, 0) is 16.6 Å². The fraction of sp³-hybridized carbons (Fsp3) is 0.188. The van der Waals surface area contributed by atoms with Crippen LogP contribution in [0.1, 0.15) is 23.6 Å². The summed E-state index contributed by atoms with van der Waals surface area (Å²) >= 11 is 5.82. The van der Waals surface area contributed by atoms with Crippen molar-refractivity contribution < 1.29 is 4.79 Å². The molecule has 4 heteroatoms. The highest BCUT2D eigenvalue weighted by atomic mass is 35.5. The summed E-state index contributed by atoms with van der Waals surface area (Å²) in [6.45, 7) is 1.78. The van der Waals surface area contributed by atoms with Crippen LogP contribution in [0.2, 0.25) is 0 Å². The summed E-state index contributed by atoms with van der Waals surface area (Å²) in [6.07, 6.45) is 3.84. The fourth-order valence-electron chi connectivity index (χ4n) is 2.13. The molecular weight excluding hydrogens is 272 g/mol. The van der Waals surface area contributed by atoms with E-state index in [-0.39, 0.29) is 0 Å². The van der Waals surface area contributed by atoms with Crippen molar-refractivity contribution in [2.75, 3.05) is 0 Å².